The molecule has 0 aromatic carbocycles. The van der Waals surface area contributed by atoms with E-state index in [9.17, 15) is 9.59 Å². The number of hydrogen-bond donors (Lipinski definition) is 3. The Morgan fingerprint density at radius 2 is 2.39 bits per heavy atom. The second kappa shape index (κ2) is 5.45. The lowest BCUT2D eigenvalue weighted by atomic mass is 9.97. The molecule has 0 radical (unpaired) electrons. The van der Waals surface area contributed by atoms with E-state index in [4.69, 9.17) is 5.11 Å². The Bertz CT molecular complexity index is 460. The largest absolute Gasteiger partial charge is 0.476 e. The van der Waals surface area contributed by atoms with Gasteiger partial charge in [-0.05, 0) is 12.5 Å². The summed E-state index contributed by atoms with van der Waals surface area (Å²) in [6.45, 7) is 3.89. The fraction of sp³-hybridized carbons (Fsp3) is 0.545. The SMILES string of the molecule is CC1CNCC1C(=O)NCc1nc(C(=O)O)cs1. The van der Waals surface area contributed by atoms with E-state index in [1.807, 2.05) is 6.92 Å². The van der Waals surface area contributed by atoms with Crippen LogP contribution in [0.2, 0.25) is 0 Å². The van der Waals surface area contributed by atoms with Crippen molar-refractivity contribution < 1.29 is 14.7 Å². The first-order valence-corrected chi connectivity index (χ1v) is 6.62. The highest BCUT2D eigenvalue weighted by Crippen LogP contribution is 2.16. The summed E-state index contributed by atoms with van der Waals surface area (Å²) in [7, 11) is 0. The van der Waals surface area contributed by atoms with Gasteiger partial charge in [0.25, 0.3) is 0 Å². The van der Waals surface area contributed by atoms with Crippen molar-refractivity contribution in [2.24, 2.45) is 11.8 Å². The molecule has 2 atom stereocenters. The van der Waals surface area contributed by atoms with Crippen molar-refractivity contribution in [3.63, 3.8) is 0 Å². The predicted molar refractivity (Wildman–Crippen MR) is 66.4 cm³/mol. The summed E-state index contributed by atoms with van der Waals surface area (Å²) in [4.78, 5) is 26.4. The first kappa shape index (κ1) is 13.0. The highest BCUT2D eigenvalue weighted by molar-refractivity contribution is 7.09. The van der Waals surface area contributed by atoms with Gasteiger partial charge in [-0.15, -0.1) is 11.3 Å². The third-order valence-electron chi connectivity index (χ3n) is 3.04. The first-order chi connectivity index (χ1) is 8.58. The van der Waals surface area contributed by atoms with Crippen molar-refractivity contribution >= 4 is 23.2 Å². The Morgan fingerprint density at radius 1 is 1.61 bits per heavy atom. The molecule has 1 aromatic heterocycles. The number of nitrogens with one attached hydrogen (secondary N) is 2. The fourth-order valence-corrected chi connectivity index (χ4v) is 2.65. The van der Waals surface area contributed by atoms with Crippen LogP contribution in [0.25, 0.3) is 0 Å². The molecule has 0 bridgehead atoms. The van der Waals surface area contributed by atoms with Crippen molar-refractivity contribution in [1.82, 2.24) is 15.6 Å². The van der Waals surface area contributed by atoms with Crippen LogP contribution in [0.1, 0.15) is 22.4 Å². The molecule has 1 fully saturated rings. The topological polar surface area (TPSA) is 91.3 Å². The van der Waals surface area contributed by atoms with Crippen LogP contribution in [0.4, 0.5) is 0 Å². The molecule has 1 saturated heterocycles. The highest BCUT2D eigenvalue weighted by atomic mass is 32.1. The Balaban J connectivity index is 1.87. The number of thiazole rings is 1. The number of carbonyl (C=O) groups is 2. The standard InChI is InChI=1S/C11H15N3O3S/c1-6-2-12-3-7(6)10(15)13-4-9-14-8(5-18-9)11(16)17/h5-7,12H,2-4H2,1H3,(H,13,15)(H,16,17). The molecule has 2 unspecified atom stereocenters. The maximum Gasteiger partial charge on any atom is 0.355 e. The lowest BCUT2D eigenvalue weighted by Gasteiger charge is -2.13. The van der Waals surface area contributed by atoms with Gasteiger partial charge in [-0.2, -0.15) is 0 Å². The zero-order chi connectivity index (χ0) is 13.1. The van der Waals surface area contributed by atoms with Crippen LogP contribution in [0.15, 0.2) is 5.38 Å². The van der Waals surface area contributed by atoms with E-state index in [2.05, 4.69) is 15.6 Å². The van der Waals surface area contributed by atoms with E-state index in [1.54, 1.807) is 0 Å². The van der Waals surface area contributed by atoms with Gasteiger partial charge in [0.05, 0.1) is 12.5 Å². The number of carboxylic acids is 1. The molecule has 98 valence electrons. The van der Waals surface area contributed by atoms with E-state index in [0.717, 1.165) is 6.54 Å². The van der Waals surface area contributed by atoms with E-state index in [1.165, 1.54) is 16.7 Å². The number of aromatic carboxylic acids is 1. The predicted octanol–water partition coefficient (Wildman–Crippen LogP) is 0.313. The number of amides is 1. The zero-order valence-corrected chi connectivity index (χ0v) is 10.8. The molecule has 0 aliphatic carbocycles. The summed E-state index contributed by atoms with van der Waals surface area (Å²) in [5.41, 5.74) is 0.0279. The molecule has 3 N–H and O–H groups in total. The van der Waals surface area contributed by atoms with Gasteiger partial charge in [0.1, 0.15) is 5.01 Å². The van der Waals surface area contributed by atoms with E-state index < -0.39 is 5.97 Å². The third kappa shape index (κ3) is 2.85. The second-order valence-electron chi connectivity index (χ2n) is 4.39. The lowest BCUT2D eigenvalue weighted by Crippen LogP contribution is -2.33. The van der Waals surface area contributed by atoms with Gasteiger partial charge in [-0.3, -0.25) is 4.79 Å². The highest BCUT2D eigenvalue weighted by Gasteiger charge is 2.29. The van der Waals surface area contributed by atoms with Crippen LogP contribution in [0, 0.1) is 11.8 Å². The van der Waals surface area contributed by atoms with Gasteiger partial charge < -0.3 is 15.7 Å². The maximum absolute atomic E-state index is 11.9. The summed E-state index contributed by atoms with van der Waals surface area (Å²) in [5.74, 6) is -0.725. The summed E-state index contributed by atoms with van der Waals surface area (Å²) in [5, 5.41) is 16.8. The normalized spacial score (nSPS) is 22.9. The average Bonchev–Trinajstić information content (AvgIpc) is 2.94. The molecule has 0 saturated carbocycles. The number of aromatic nitrogens is 1. The molecule has 1 aliphatic heterocycles. The van der Waals surface area contributed by atoms with Crippen molar-refractivity contribution in [2.45, 2.75) is 13.5 Å². The number of carbonyl (C=O) groups excluding carboxylic acids is 1. The summed E-state index contributed by atoms with van der Waals surface area (Å²) >= 11 is 1.24. The minimum absolute atomic E-state index is 0.000394. The van der Waals surface area contributed by atoms with Gasteiger partial charge in [-0.25, -0.2) is 9.78 Å². The number of carboxylic acid groups (broad SMARTS) is 1. The zero-order valence-electron chi connectivity index (χ0n) is 9.97. The molecule has 0 spiro atoms. The van der Waals surface area contributed by atoms with Crippen LogP contribution in [-0.2, 0) is 11.3 Å². The molecular formula is C11H15N3O3S. The van der Waals surface area contributed by atoms with Crippen molar-refractivity contribution in [3.8, 4) is 0 Å². The Labute approximate surface area is 108 Å². The average molecular weight is 269 g/mol. The molecule has 7 heteroatoms. The quantitative estimate of drug-likeness (QED) is 0.732. The van der Waals surface area contributed by atoms with Gasteiger partial charge in [-0.1, -0.05) is 6.92 Å². The summed E-state index contributed by atoms with van der Waals surface area (Å²) < 4.78 is 0. The first-order valence-electron chi connectivity index (χ1n) is 5.74. The molecule has 2 heterocycles. The number of rotatable bonds is 4. The minimum Gasteiger partial charge on any atom is -0.476 e. The van der Waals surface area contributed by atoms with Crippen molar-refractivity contribution in [2.75, 3.05) is 13.1 Å². The molecule has 1 amide bonds. The molecule has 18 heavy (non-hydrogen) atoms. The van der Waals surface area contributed by atoms with Crippen LogP contribution in [0.5, 0.6) is 0 Å². The monoisotopic (exact) mass is 269 g/mol. The van der Waals surface area contributed by atoms with Gasteiger partial charge >= 0.3 is 5.97 Å². The lowest BCUT2D eigenvalue weighted by molar-refractivity contribution is -0.125. The van der Waals surface area contributed by atoms with E-state index in [-0.39, 0.29) is 17.5 Å². The molecule has 1 aromatic rings. The number of nitrogens with zero attached hydrogens (tertiary/aromatic N) is 1. The Kier molecular flexibility index (Phi) is 3.93. The van der Waals surface area contributed by atoms with E-state index in [0.29, 0.717) is 24.0 Å². The summed E-state index contributed by atoms with van der Waals surface area (Å²) in [6, 6.07) is 0. The number of hydrogen-bond acceptors (Lipinski definition) is 5. The smallest absolute Gasteiger partial charge is 0.355 e. The van der Waals surface area contributed by atoms with Crippen LogP contribution in [0.3, 0.4) is 0 Å². The molecule has 2 rings (SSSR count). The fourth-order valence-electron chi connectivity index (χ4n) is 1.95. The van der Waals surface area contributed by atoms with Gasteiger partial charge in [0, 0.05) is 11.9 Å². The van der Waals surface area contributed by atoms with Crippen molar-refractivity contribution in [3.05, 3.63) is 16.1 Å². The van der Waals surface area contributed by atoms with Crippen LogP contribution in [-0.4, -0.2) is 35.1 Å². The molecular weight excluding hydrogens is 254 g/mol. The minimum atomic E-state index is -1.04. The second-order valence-corrected chi connectivity index (χ2v) is 5.33. The van der Waals surface area contributed by atoms with Crippen LogP contribution < -0.4 is 10.6 Å². The molecule has 1 aliphatic rings. The Hall–Kier alpha value is -1.47. The van der Waals surface area contributed by atoms with Gasteiger partial charge in [0.2, 0.25) is 5.91 Å². The molecule has 6 nitrogen and oxygen atoms in total. The summed E-state index contributed by atoms with van der Waals surface area (Å²) in [6.07, 6.45) is 0. The van der Waals surface area contributed by atoms with Crippen molar-refractivity contribution in [1.29, 1.82) is 0 Å². The van der Waals surface area contributed by atoms with E-state index >= 15 is 0 Å². The maximum atomic E-state index is 11.9. The van der Waals surface area contributed by atoms with Gasteiger partial charge in [0.15, 0.2) is 5.69 Å². The third-order valence-corrected chi connectivity index (χ3v) is 3.89. The Morgan fingerprint density at radius 3 is 2.94 bits per heavy atom. The van der Waals surface area contributed by atoms with Crippen LogP contribution >= 0.6 is 11.3 Å².